The fourth-order valence-electron chi connectivity index (χ4n) is 2.03. The summed E-state index contributed by atoms with van der Waals surface area (Å²) in [6, 6.07) is 11.3. The van der Waals surface area contributed by atoms with Crippen molar-refractivity contribution in [1.29, 1.82) is 0 Å². The first kappa shape index (κ1) is 17.2. The Morgan fingerprint density at radius 1 is 1.17 bits per heavy atom. The van der Waals surface area contributed by atoms with Crippen LogP contribution in [0.25, 0.3) is 0 Å². The SMILES string of the molecule is COCCCNc1ccc(NC(=O)c2c(F)cccc2Cl)cc1. The molecule has 0 spiro atoms. The van der Waals surface area contributed by atoms with Crippen molar-refractivity contribution < 1.29 is 13.9 Å². The van der Waals surface area contributed by atoms with Gasteiger partial charge in [0.2, 0.25) is 0 Å². The minimum atomic E-state index is -0.647. The molecule has 0 aromatic heterocycles. The van der Waals surface area contributed by atoms with Gasteiger partial charge in [0.05, 0.1) is 10.6 Å². The van der Waals surface area contributed by atoms with Crippen molar-refractivity contribution in [3.05, 3.63) is 58.9 Å². The van der Waals surface area contributed by atoms with Gasteiger partial charge in [0.1, 0.15) is 5.82 Å². The summed E-state index contributed by atoms with van der Waals surface area (Å²) in [5, 5.41) is 5.95. The molecule has 2 N–H and O–H groups in total. The maximum Gasteiger partial charge on any atom is 0.260 e. The highest BCUT2D eigenvalue weighted by atomic mass is 35.5. The summed E-state index contributed by atoms with van der Waals surface area (Å²) in [7, 11) is 1.67. The van der Waals surface area contributed by atoms with Gasteiger partial charge in [-0.05, 0) is 42.8 Å². The Kier molecular flexibility index (Phi) is 6.38. The van der Waals surface area contributed by atoms with E-state index in [4.69, 9.17) is 16.3 Å². The fourth-order valence-corrected chi connectivity index (χ4v) is 2.28. The smallest absolute Gasteiger partial charge is 0.260 e. The van der Waals surface area contributed by atoms with Gasteiger partial charge in [0.25, 0.3) is 5.91 Å². The second-order valence-corrected chi connectivity index (χ2v) is 5.31. The third-order valence-electron chi connectivity index (χ3n) is 3.19. The number of anilines is 2. The molecule has 0 radical (unpaired) electrons. The minimum absolute atomic E-state index is 0.0823. The molecule has 2 aromatic rings. The topological polar surface area (TPSA) is 50.4 Å². The molecule has 122 valence electrons. The van der Waals surface area contributed by atoms with E-state index in [1.165, 1.54) is 18.2 Å². The summed E-state index contributed by atoms with van der Waals surface area (Å²) < 4.78 is 18.7. The Balaban J connectivity index is 1.96. The summed E-state index contributed by atoms with van der Waals surface area (Å²) in [6.45, 7) is 1.49. The Labute approximate surface area is 139 Å². The number of rotatable bonds is 7. The number of carbonyl (C=O) groups is 1. The summed E-state index contributed by atoms with van der Waals surface area (Å²) in [6.07, 6.45) is 0.904. The van der Waals surface area contributed by atoms with Crippen LogP contribution < -0.4 is 10.6 Å². The number of amides is 1. The van der Waals surface area contributed by atoms with Crippen molar-refractivity contribution in [2.45, 2.75) is 6.42 Å². The Hall–Kier alpha value is -2.11. The number of hydrogen-bond donors (Lipinski definition) is 2. The largest absolute Gasteiger partial charge is 0.385 e. The minimum Gasteiger partial charge on any atom is -0.385 e. The van der Waals surface area contributed by atoms with E-state index in [2.05, 4.69) is 10.6 Å². The Morgan fingerprint density at radius 2 is 1.87 bits per heavy atom. The molecule has 4 nitrogen and oxygen atoms in total. The van der Waals surface area contributed by atoms with Crippen LogP contribution in [0.15, 0.2) is 42.5 Å². The maximum absolute atomic E-state index is 13.7. The molecule has 2 aromatic carbocycles. The molecule has 0 bridgehead atoms. The molecule has 2 rings (SSSR count). The zero-order chi connectivity index (χ0) is 16.7. The van der Waals surface area contributed by atoms with Gasteiger partial charge in [0.15, 0.2) is 0 Å². The van der Waals surface area contributed by atoms with Gasteiger partial charge >= 0.3 is 0 Å². The molecular weight excluding hydrogens is 319 g/mol. The maximum atomic E-state index is 13.7. The first-order valence-electron chi connectivity index (χ1n) is 7.20. The lowest BCUT2D eigenvalue weighted by molar-refractivity contribution is 0.102. The number of hydrogen-bond acceptors (Lipinski definition) is 3. The van der Waals surface area contributed by atoms with Crippen LogP contribution in [-0.2, 0) is 4.74 Å². The fraction of sp³-hybridized carbons (Fsp3) is 0.235. The predicted octanol–water partition coefficient (Wildman–Crippen LogP) is 4.18. The number of ether oxygens (including phenoxy) is 1. The number of nitrogens with one attached hydrogen (secondary N) is 2. The quantitative estimate of drug-likeness (QED) is 0.746. The van der Waals surface area contributed by atoms with Crippen LogP contribution in [0.5, 0.6) is 0 Å². The molecule has 0 atom stereocenters. The summed E-state index contributed by atoms with van der Waals surface area (Å²) in [4.78, 5) is 12.1. The first-order chi connectivity index (χ1) is 11.1. The average Bonchev–Trinajstić information content (AvgIpc) is 2.53. The zero-order valence-corrected chi connectivity index (χ0v) is 13.5. The molecule has 0 heterocycles. The van der Waals surface area contributed by atoms with E-state index in [9.17, 15) is 9.18 Å². The van der Waals surface area contributed by atoms with E-state index in [1.54, 1.807) is 19.2 Å². The second kappa shape index (κ2) is 8.50. The highest BCUT2D eigenvalue weighted by Crippen LogP contribution is 2.21. The first-order valence-corrected chi connectivity index (χ1v) is 7.58. The number of benzene rings is 2. The van der Waals surface area contributed by atoms with Gasteiger partial charge < -0.3 is 15.4 Å². The van der Waals surface area contributed by atoms with Crippen LogP contribution in [0, 0.1) is 5.82 Å². The van der Waals surface area contributed by atoms with Crippen LogP contribution in [0.3, 0.4) is 0 Å². The van der Waals surface area contributed by atoms with Gasteiger partial charge in [-0.3, -0.25) is 4.79 Å². The lowest BCUT2D eigenvalue weighted by atomic mass is 10.2. The molecule has 23 heavy (non-hydrogen) atoms. The lowest BCUT2D eigenvalue weighted by Gasteiger charge is -2.09. The van der Waals surface area contributed by atoms with Crippen LogP contribution in [-0.4, -0.2) is 26.2 Å². The standard InChI is InChI=1S/C17H18ClFN2O2/c1-23-11-3-10-20-12-6-8-13(9-7-12)21-17(22)16-14(18)4-2-5-15(16)19/h2,4-9,20H,3,10-11H2,1H3,(H,21,22). The van der Waals surface area contributed by atoms with E-state index < -0.39 is 11.7 Å². The third kappa shape index (κ3) is 4.94. The van der Waals surface area contributed by atoms with Gasteiger partial charge in [-0.25, -0.2) is 4.39 Å². The van der Waals surface area contributed by atoms with E-state index in [1.807, 2.05) is 12.1 Å². The van der Waals surface area contributed by atoms with Crippen molar-refractivity contribution in [3.8, 4) is 0 Å². The molecule has 0 aliphatic rings. The third-order valence-corrected chi connectivity index (χ3v) is 3.50. The molecule has 0 aliphatic heterocycles. The number of carbonyl (C=O) groups excluding carboxylic acids is 1. The van der Waals surface area contributed by atoms with Crippen molar-refractivity contribution in [2.75, 3.05) is 30.9 Å². The highest BCUT2D eigenvalue weighted by molar-refractivity contribution is 6.34. The van der Waals surface area contributed by atoms with Crippen molar-refractivity contribution in [1.82, 2.24) is 0 Å². The van der Waals surface area contributed by atoms with Crippen LogP contribution in [0.1, 0.15) is 16.8 Å². The normalized spacial score (nSPS) is 10.4. The zero-order valence-electron chi connectivity index (χ0n) is 12.7. The van der Waals surface area contributed by atoms with Gasteiger partial charge in [-0.15, -0.1) is 0 Å². The second-order valence-electron chi connectivity index (χ2n) is 4.90. The Morgan fingerprint density at radius 3 is 2.52 bits per heavy atom. The van der Waals surface area contributed by atoms with Gasteiger partial charge in [-0.2, -0.15) is 0 Å². The van der Waals surface area contributed by atoms with E-state index in [0.29, 0.717) is 12.3 Å². The molecule has 0 fully saturated rings. The summed E-state index contributed by atoms with van der Waals surface area (Å²) in [5.41, 5.74) is 1.34. The van der Waals surface area contributed by atoms with Crippen LogP contribution in [0.2, 0.25) is 5.02 Å². The highest BCUT2D eigenvalue weighted by Gasteiger charge is 2.15. The lowest BCUT2D eigenvalue weighted by Crippen LogP contribution is -2.14. The van der Waals surface area contributed by atoms with Crippen molar-refractivity contribution >= 4 is 28.9 Å². The molecule has 6 heteroatoms. The van der Waals surface area contributed by atoms with Gasteiger partial charge in [0, 0.05) is 31.6 Å². The van der Waals surface area contributed by atoms with Crippen LogP contribution in [0.4, 0.5) is 15.8 Å². The summed E-state index contributed by atoms with van der Waals surface area (Å²) in [5.74, 6) is -1.22. The molecule has 1 amide bonds. The molecular formula is C17H18ClFN2O2. The molecule has 0 unspecified atom stereocenters. The number of halogens is 2. The molecule has 0 saturated heterocycles. The van der Waals surface area contributed by atoms with Crippen molar-refractivity contribution in [3.63, 3.8) is 0 Å². The van der Waals surface area contributed by atoms with E-state index >= 15 is 0 Å². The van der Waals surface area contributed by atoms with Crippen LogP contribution >= 0.6 is 11.6 Å². The molecule has 0 aliphatic carbocycles. The predicted molar refractivity (Wildman–Crippen MR) is 90.8 cm³/mol. The Bertz CT molecular complexity index is 642. The molecule has 0 saturated carbocycles. The summed E-state index contributed by atoms with van der Waals surface area (Å²) >= 11 is 5.88. The van der Waals surface area contributed by atoms with E-state index in [0.717, 1.165) is 18.7 Å². The van der Waals surface area contributed by atoms with Gasteiger partial charge in [-0.1, -0.05) is 17.7 Å². The monoisotopic (exact) mass is 336 g/mol. The number of methoxy groups -OCH3 is 1. The van der Waals surface area contributed by atoms with E-state index in [-0.39, 0.29) is 10.6 Å². The van der Waals surface area contributed by atoms with Crippen molar-refractivity contribution in [2.24, 2.45) is 0 Å². The average molecular weight is 337 g/mol.